The maximum Gasteiger partial charge on any atom is 0.256 e. The van der Waals surface area contributed by atoms with Gasteiger partial charge in [-0.3, -0.25) is 4.79 Å². The highest BCUT2D eigenvalue weighted by atomic mass is 35.5. The van der Waals surface area contributed by atoms with Crippen molar-refractivity contribution in [3.63, 3.8) is 0 Å². The lowest BCUT2D eigenvalue weighted by molar-refractivity contribution is -0.119. The Balaban J connectivity index is 2.40. The summed E-state index contributed by atoms with van der Waals surface area (Å²) in [5.41, 5.74) is 1.56. The normalized spacial score (nSPS) is 20.2. The summed E-state index contributed by atoms with van der Waals surface area (Å²) in [5, 5.41) is 6.27. The molecule has 1 amide bonds. The van der Waals surface area contributed by atoms with Crippen LogP contribution in [0.15, 0.2) is 29.4 Å². The molecular formula is C12H13ClN2O. The predicted molar refractivity (Wildman–Crippen MR) is 65.8 cm³/mol. The SMILES string of the molecule is CCC1=NN(c2ccccc2Cl)C(=O)C1C. The summed E-state index contributed by atoms with van der Waals surface area (Å²) >= 11 is 6.05. The van der Waals surface area contributed by atoms with Gasteiger partial charge in [0.25, 0.3) is 5.91 Å². The van der Waals surface area contributed by atoms with E-state index in [1.807, 2.05) is 26.0 Å². The van der Waals surface area contributed by atoms with Gasteiger partial charge in [0.05, 0.1) is 22.3 Å². The highest BCUT2D eigenvalue weighted by molar-refractivity contribution is 6.34. The quantitative estimate of drug-likeness (QED) is 0.777. The van der Waals surface area contributed by atoms with Gasteiger partial charge in [-0.1, -0.05) is 30.7 Å². The molecule has 1 heterocycles. The fourth-order valence-corrected chi connectivity index (χ4v) is 1.98. The predicted octanol–water partition coefficient (Wildman–Crippen LogP) is 3.09. The molecule has 0 aromatic heterocycles. The van der Waals surface area contributed by atoms with Crippen molar-refractivity contribution < 1.29 is 4.79 Å². The molecule has 0 radical (unpaired) electrons. The molecule has 0 N–H and O–H groups in total. The van der Waals surface area contributed by atoms with Gasteiger partial charge in [-0.05, 0) is 25.5 Å². The highest BCUT2D eigenvalue weighted by Gasteiger charge is 2.32. The van der Waals surface area contributed by atoms with Crippen LogP contribution in [0.1, 0.15) is 20.3 Å². The molecule has 1 aliphatic heterocycles. The first-order chi connectivity index (χ1) is 7.65. The maximum absolute atomic E-state index is 12.0. The van der Waals surface area contributed by atoms with Crippen molar-refractivity contribution in [1.29, 1.82) is 0 Å². The average Bonchev–Trinajstić information content (AvgIpc) is 2.57. The Morgan fingerprint density at radius 1 is 1.44 bits per heavy atom. The minimum Gasteiger partial charge on any atom is -0.272 e. The van der Waals surface area contributed by atoms with Crippen molar-refractivity contribution in [3.05, 3.63) is 29.3 Å². The maximum atomic E-state index is 12.0. The molecule has 1 aliphatic rings. The van der Waals surface area contributed by atoms with Crippen molar-refractivity contribution in [1.82, 2.24) is 0 Å². The van der Waals surface area contributed by atoms with E-state index < -0.39 is 0 Å². The first-order valence-corrected chi connectivity index (χ1v) is 5.68. The van der Waals surface area contributed by atoms with E-state index in [4.69, 9.17) is 11.6 Å². The molecule has 16 heavy (non-hydrogen) atoms. The zero-order chi connectivity index (χ0) is 11.7. The summed E-state index contributed by atoms with van der Waals surface area (Å²) in [6.45, 7) is 3.88. The summed E-state index contributed by atoms with van der Waals surface area (Å²) in [6.07, 6.45) is 0.786. The van der Waals surface area contributed by atoms with Gasteiger partial charge in [0.15, 0.2) is 0 Å². The lowest BCUT2D eigenvalue weighted by Gasteiger charge is -2.13. The number of nitrogens with zero attached hydrogens (tertiary/aromatic N) is 2. The van der Waals surface area contributed by atoms with Crippen LogP contribution in [0.5, 0.6) is 0 Å². The van der Waals surface area contributed by atoms with E-state index in [9.17, 15) is 4.79 Å². The molecule has 1 unspecified atom stereocenters. The molecule has 0 aliphatic carbocycles. The summed E-state index contributed by atoms with van der Waals surface area (Å²) in [4.78, 5) is 12.0. The van der Waals surface area contributed by atoms with E-state index in [1.54, 1.807) is 12.1 Å². The van der Waals surface area contributed by atoms with Crippen LogP contribution in [0, 0.1) is 5.92 Å². The van der Waals surface area contributed by atoms with Crippen LogP contribution in [0.2, 0.25) is 5.02 Å². The van der Waals surface area contributed by atoms with Gasteiger partial charge < -0.3 is 0 Å². The lowest BCUT2D eigenvalue weighted by Crippen LogP contribution is -2.25. The minimum absolute atomic E-state index is 0.00931. The Morgan fingerprint density at radius 2 is 2.12 bits per heavy atom. The van der Waals surface area contributed by atoms with Crippen molar-refractivity contribution >= 4 is 28.9 Å². The second-order valence-corrected chi connectivity index (χ2v) is 4.18. The number of anilines is 1. The number of hydrogen-bond acceptors (Lipinski definition) is 2. The lowest BCUT2D eigenvalue weighted by atomic mass is 10.0. The Bertz CT molecular complexity index is 456. The number of para-hydroxylation sites is 1. The van der Waals surface area contributed by atoms with E-state index in [-0.39, 0.29) is 11.8 Å². The van der Waals surface area contributed by atoms with Gasteiger partial charge >= 0.3 is 0 Å². The Kier molecular flexibility index (Phi) is 2.97. The number of halogens is 1. The summed E-state index contributed by atoms with van der Waals surface area (Å²) in [7, 11) is 0. The molecule has 0 fully saturated rings. The second kappa shape index (κ2) is 4.26. The number of benzene rings is 1. The monoisotopic (exact) mass is 236 g/mol. The van der Waals surface area contributed by atoms with Crippen LogP contribution in [0.4, 0.5) is 5.69 Å². The van der Waals surface area contributed by atoms with Crippen molar-refractivity contribution in [2.24, 2.45) is 11.0 Å². The van der Waals surface area contributed by atoms with Crippen molar-refractivity contribution in [2.45, 2.75) is 20.3 Å². The number of carbonyl (C=O) groups excluding carboxylic acids is 1. The van der Waals surface area contributed by atoms with E-state index in [0.29, 0.717) is 10.7 Å². The fraction of sp³-hybridized carbons (Fsp3) is 0.333. The Morgan fingerprint density at radius 3 is 2.69 bits per heavy atom. The molecule has 4 heteroatoms. The number of amides is 1. The van der Waals surface area contributed by atoms with Gasteiger partial charge in [-0.2, -0.15) is 10.1 Å². The van der Waals surface area contributed by atoms with Crippen LogP contribution in [-0.2, 0) is 4.79 Å². The average molecular weight is 237 g/mol. The van der Waals surface area contributed by atoms with Gasteiger partial charge in [-0.25, -0.2) is 0 Å². The second-order valence-electron chi connectivity index (χ2n) is 3.77. The first kappa shape index (κ1) is 11.1. The van der Waals surface area contributed by atoms with Crippen LogP contribution < -0.4 is 5.01 Å². The number of rotatable bonds is 2. The smallest absolute Gasteiger partial charge is 0.256 e. The van der Waals surface area contributed by atoms with Crippen molar-refractivity contribution in [3.8, 4) is 0 Å². The number of hydrogen-bond donors (Lipinski definition) is 0. The third kappa shape index (κ3) is 1.71. The molecule has 1 aromatic rings. The summed E-state index contributed by atoms with van der Waals surface area (Å²) in [6, 6.07) is 7.24. The number of carbonyl (C=O) groups is 1. The molecule has 0 saturated carbocycles. The van der Waals surface area contributed by atoms with Crippen LogP contribution in [0.3, 0.4) is 0 Å². The highest BCUT2D eigenvalue weighted by Crippen LogP contribution is 2.30. The zero-order valence-corrected chi connectivity index (χ0v) is 10.0. The van der Waals surface area contributed by atoms with Crippen LogP contribution in [0.25, 0.3) is 0 Å². The molecule has 1 atom stereocenters. The third-order valence-electron chi connectivity index (χ3n) is 2.75. The van der Waals surface area contributed by atoms with Gasteiger partial charge in [0.1, 0.15) is 0 Å². The van der Waals surface area contributed by atoms with Crippen LogP contribution in [-0.4, -0.2) is 11.6 Å². The van der Waals surface area contributed by atoms with Crippen LogP contribution >= 0.6 is 11.6 Å². The van der Waals surface area contributed by atoms with Gasteiger partial charge in [0, 0.05) is 0 Å². The van der Waals surface area contributed by atoms with E-state index in [1.165, 1.54) is 5.01 Å². The summed E-state index contributed by atoms with van der Waals surface area (Å²) < 4.78 is 0. The standard InChI is InChI=1S/C12H13ClN2O/c1-3-10-8(2)12(16)15(14-10)11-7-5-4-6-9(11)13/h4-8H,3H2,1-2H3. The topological polar surface area (TPSA) is 32.7 Å². The number of hydrazone groups is 1. The molecule has 3 nitrogen and oxygen atoms in total. The minimum atomic E-state index is -0.138. The van der Waals surface area contributed by atoms with E-state index in [2.05, 4.69) is 5.10 Å². The van der Waals surface area contributed by atoms with Gasteiger partial charge in [-0.15, -0.1) is 0 Å². The molecule has 0 saturated heterocycles. The van der Waals surface area contributed by atoms with E-state index in [0.717, 1.165) is 12.1 Å². The molecule has 84 valence electrons. The van der Waals surface area contributed by atoms with Crippen molar-refractivity contribution in [2.75, 3.05) is 5.01 Å². The van der Waals surface area contributed by atoms with Gasteiger partial charge in [0.2, 0.25) is 0 Å². The Labute approximate surface area is 99.7 Å². The molecule has 1 aromatic carbocycles. The first-order valence-electron chi connectivity index (χ1n) is 5.31. The molecule has 2 rings (SSSR count). The summed E-state index contributed by atoms with van der Waals surface area (Å²) in [5.74, 6) is -0.147. The molecule has 0 spiro atoms. The fourth-order valence-electron chi connectivity index (χ4n) is 1.76. The third-order valence-corrected chi connectivity index (χ3v) is 3.07. The zero-order valence-electron chi connectivity index (χ0n) is 9.27. The largest absolute Gasteiger partial charge is 0.272 e. The Hall–Kier alpha value is -1.35. The van der Waals surface area contributed by atoms with E-state index >= 15 is 0 Å². The molecular weight excluding hydrogens is 224 g/mol. The molecule has 0 bridgehead atoms.